The van der Waals surface area contributed by atoms with Gasteiger partial charge in [0.15, 0.2) is 6.10 Å². The number of benzene rings is 2. The number of rotatable bonds is 5. The second-order valence-corrected chi connectivity index (χ2v) is 7.47. The Morgan fingerprint density at radius 3 is 2.44 bits per heavy atom. The van der Waals surface area contributed by atoms with Crippen molar-refractivity contribution in [1.29, 1.82) is 0 Å². The van der Waals surface area contributed by atoms with Crippen LogP contribution < -0.4 is 11.0 Å². The number of carbonyl (C=O) groups is 2. The first-order valence-corrected chi connectivity index (χ1v) is 9.91. The smallest absolute Gasteiger partial charge is 0.340 e. The van der Waals surface area contributed by atoms with Crippen molar-refractivity contribution in [2.24, 2.45) is 0 Å². The Morgan fingerprint density at radius 1 is 1.03 bits per heavy atom. The Morgan fingerprint density at radius 2 is 1.72 bits per heavy atom. The van der Waals surface area contributed by atoms with Crippen molar-refractivity contribution in [3.63, 3.8) is 0 Å². The zero-order chi connectivity index (χ0) is 23.0. The molecule has 2 heterocycles. The highest BCUT2D eigenvalue weighted by Crippen LogP contribution is 2.22. The van der Waals surface area contributed by atoms with Crippen LogP contribution in [0, 0.1) is 19.7 Å². The second kappa shape index (κ2) is 8.18. The number of fused-ring (bicyclic) bond motifs is 1. The van der Waals surface area contributed by atoms with E-state index in [1.54, 1.807) is 43.3 Å². The molecule has 8 nitrogen and oxygen atoms in total. The highest BCUT2D eigenvalue weighted by atomic mass is 19.1. The van der Waals surface area contributed by atoms with Gasteiger partial charge in [-0.1, -0.05) is 0 Å². The van der Waals surface area contributed by atoms with Crippen molar-refractivity contribution in [3.8, 4) is 5.69 Å². The minimum absolute atomic E-state index is 0.317. The predicted octanol–water partition coefficient (Wildman–Crippen LogP) is 3.59. The van der Waals surface area contributed by atoms with Crippen LogP contribution in [0.4, 0.5) is 10.1 Å². The van der Waals surface area contributed by atoms with Gasteiger partial charge >= 0.3 is 11.7 Å². The number of carbonyl (C=O) groups excluding carboxylic acids is 2. The molecule has 2 aromatic carbocycles. The van der Waals surface area contributed by atoms with E-state index in [4.69, 9.17) is 4.74 Å². The van der Waals surface area contributed by atoms with Gasteiger partial charge in [0.2, 0.25) is 0 Å². The van der Waals surface area contributed by atoms with Crippen molar-refractivity contribution in [2.75, 3.05) is 5.32 Å². The van der Waals surface area contributed by atoms with Gasteiger partial charge in [0.1, 0.15) is 5.82 Å². The molecule has 3 N–H and O–H groups in total. The van der Waals surface area contributed by atoms with Crippen LogP contribution in [0.25, 0.3) is 16.7 Å². The lowest BCUT2D eigenvalue weighted by Crippen LogP contribution is -2.30. The van der Waals surface area contributed by atoms with E-state index in [0.717, 1.165) is 5.69 Å². The number of aromatic nitrogens is 3. The van der Waals surface area contributed by atoms with Gasteiger partial charge in [0.25, 0.3) is 5.91 Å². The number of halogens is 1. The number of aromatic amines is 2. The lowest BCUT2D eigenvalue weighted by atomic mass is 10.2. The maximum atomic E-state index is 13.3. The van der Waals surface area contributed by atoms with E-state index in [1.165, 1.54) is 19.1 Å². The van der Waals surface area contributed by atoms with Crippen molar-refractivity contribution >= 4 is 28.6 Å². The summed E-state index contributed by atoms with van der Waals surface area (Å²) in [6, 6.07) is 12.5. The number of hydrogen-bond donors (Lipinski definition) is 3. The van der Waals surface area contributed by atoms with Crippen molar-refractivity contribution in [3.05, 3.63) is 81.8 Å². The van der Waals surface area contributed by atoms with Crippen molar-refractivity contribution in [2.45, 2.75) is 26.9 Å². The highest BCUT2D eigenvalue weighted by molar-refractivity contribution is 5.98. The molecule has 164 valence electrons. The molecule has 4 aromatic rings. The number of aryl methyl sites for hydroxylation is 1. The molecule has 9 heteroatoms. The van der Waals surface area contributed by atoms with Gasteiger partial charge in [0, 0.05) is 22.8 Å². The van der Waals surface area contributed by atoms with Gasteiger partial charge in [-0.15, -0.1) is 0 Å². The maximum absolute atomic E-state index is 13.3. The SMILES string of the molecule is Cc1cc(C(=O)O[C@H](C)C(=O)Nc2ccc3[nH]c(=O)[nH]c3c2)c(C)n1-c1ccc(F)cc1. The van der Waals surface area contributed by atoms with E-state index < -0.39 is 18.0 Å². The molecule has 0 bridgehead atoms. The second-order valence-electron chi connectivity index (χ2n) is 7.47. The summed E-state index contributed by atoms with van der Waals surface area (Å²) in [6.45, 7) is 5.05. The molecule has 4 rings (SSSR count). The fourth-order valence-corrected chi connectivity index (χ4v) is 3.59. The molecule has 0 aliphatic carbocycles. The number of imidazole rings is 1. The quantitative estimate of drug-likeness (QED) is 0.416. The van der Waals surface area contributed by atoms with Crippen molar-refractivity contribution in [1.82, 2.24) is 14.5 Å². The molecule has 0 saturated heterocycles. The first-order chi connectivity index (χ1) is 15.2. The van der Waals surface area contributed by atoms with Gasteiger partial charge < -0.3 is 24.6 Å². The van der Waals surface area contributed by atoms with Crippen LogP contribution in [0.15, 0.2) is 53.3 Å². The molecule has 32 heavy (non-hydrogen) atoms. The first-order valence-electron chi connectivity index (χ1n) is 9.91. The number of amides is 1. The molecule has 1 amide bonds. The summed E-state index contributed by atoms with van der Waals surface area (Å²) in [7, 11) is 0. The average Bonchev–Trinajstić information content (AvgIpc) is 3.26. The van der Waals surface area contributed by atoms with Crippen LogP contribution in [-0.4, -0.2) is 32.5 Å². The van der Waals surface area contributed by atoms with E-state index in [0.29, 0.717) is 33.7 Å². The third kappa shape index (κ3) is 4.04. The van der Waals surface area contributed by atoms with E-state index >= 15 is 0 Å². The molecular weight excluding hydrogens is 415 g/mol. The number of H-pyrrole nitrogens is 2. The fraction of sp³-hybridized carbons (Fsp3) is 0.174. The Kier molecular flexibility index (Phi) is 5.40. The van der Waals surface area contributed by atoms with E-state index in [-0.39, 0.29) is 11.5 Å². The first kappa shape index (κ1) is 21.1. The molecule has 0 radical (unpaired) electrons. The van der Waals surface area contributed by atoms with Crippen LogP contribution in [0.1, 0.15) is 28.7 Å². The molecule has 0 aliphatic heterocycles. The van der Waals surface area contributed by atoms with E-state index in [2.05, 4.69) is 15.3 Å². The van der Waals surface area contributed by atoms with Crippen LogP contribution in [-0.2, 0) is 9.53 Å². The van der Waals surface area contributed by atoms with Crippen LogP contribution in [0.2, 0.25) is 0 Å². The fourth-order valence-electron chi connectivity index (χ4n) is 3.59. The minimum Gasteiger partial charge on any atom is -0.449 e. The maximum Gasteiger partial charge on any atom is 0.340 e. The van der Waals surface area contributed by atoms with Crippen molar-refractivity contribution < 1.29 is 18.7 Å². The largest absolute Gasteiger partial charge is 0.449 e. The molecule has 0 unspecified atom stereocenters. The van der Waals surface area contributed by atoms with Crippen LogP contribution in [0.3, 0.4) is 0 Å². The van der Waals surface area contributed by atoms with Gasteiger partial charge in [-0.05, 0) is 69.3 Å². The summed E-state index contributed by atoms with van der Waals surface area (Å²) in [6.07, 6.45) is -1.06. The zero-order valence-electron chi connectivity index (χ0n) is 17.7. The Labute approximate surface area is 182 Å². The zero-order valence-corrected chi connectivity index (χ0v) is 17.7. The van der Waals surface area contributed by atoms with Crippen LogP contribution in [0.5, 0.6) is 0 Å². The van der Waals surface area contributed by atoms with E-state index in [9.17, 15) is 18.8 Å². The Hall–Kier alpha value is -4.14. The van der Waals surface area contributed by atoms with Crippen LogP contribution >= 0.6 is 0 Å². The number of esters is 1. The summed E-state index contributed by atoms with van der Waals surface area (Å²) in [4.78, 5) is 41.9. The monoisotopic (exact) mass is 436 g/mol. The number of nitrogens with zero attached hydrogens (tertiary/aromatic N) is 1. The molecule has 1 atom stereocenters. The molecule has 0 aliphatic rings. The highest BCUT2D eigenvalue weighted by Gasteiger charge is 2.23. The number of anilines is 1. The Bertz CT molecular complexity index is 1380. The minimum atomic E-state index is -1.06. The normalized spacial score (nSPS) is 12.0. The predicted molar refractivity (Wildman–Crippen MR) is 118 cm³/mol. The third-order valence-electron chi connectivity index (χ3n) is 5.17. The van der Waals surface area contributed by atoms with Gasteiger partial charge in [-0.2, -0.15) is 0 Å². The lowest BCUT2D eigenvalue weighted by molar-refractivity contribution is -0.123. The summed E-state index contributed by atoms with van der Waals surface area (Å²) >= 11 is 0. The lowest BCUT2D eigenvalue weighted by Gasteiger charge is -2.14. The number of ether oxygens (including phenoxy) is 1. The van der Waals surface area contributed by atoms with Gasteiger partial charge in [0.05, 0.1) is 16.6 Å². The molecule has 0 fully saturated rings. The molecule has 0 saturated carbocycles. The molecular formula is C23H21FN4O4. The topological polar surface area (TPSA) is 109 Å². The summed E-state index contributed by atoms with van der Waals surface area (Å²) in [5.41, 5.74) is 3.69. The standard InChI is InChI=1S/C23H21FN4O4/c1-12-10-18(13(2)28(12)17-7-4-15(24)5-8-17)22(30)32-14(3)21(29)25-16-6-9-19-20(11-16)27-23(31)26-19/h4-11,14H,1-3H3,(H,25,29)(H2,26,27,31)/t14-/m1/s1. The molecule has 2 aromatic heterocycles. The van der Waals surface area contributed by atoms with E-state index in [1.807, 2.05) is 11.5 Å². The summed E-state index contributed by atoms with van der Waals surface area (Å²) in [5.74, 6) is -1.50. The summed E-state index contributed by atoms with van der Waals surface area (Å²) in [5, 5.41) is 2.67. The number of nitrogens with one attached hydrogen (secondary N) is 3. The van der Waals surface area contributed by atoms with Gasteiger partial charge in [-0.25, -0.2) is 14.0 Å². The third-order valence-corrected chi connectivity index (χ3v) is 5.17. The molecule has 0 spiro atoms. The summed E-state index contributed by atoms with van der Waals surface area (Å²) < 4.78 is 20.4. The van der Waals surface area contributed by atoms with Gasteiger partial charge in [-0.3, -0.25) is 4.79 Å². The average molecular weight is 436 g/mol. The number of hydrogen-bond acceptors (Lipinski definition) is 4. The Balaban J connectivity index is 1.48.